The summed E-state index contributed by atoms with van der Waals surface area (Å²) in [5.74, 6) is 0.276. The number of esters is 1. The molecule has 1 heterocycles. The third-order valence-corrected chi connectivity index (χ3v) is 9.41. The maximum Gasteiger partial charge on any atom is 0.307 e. The average molecular weight is 535 g/mol. The number of carbonyl (C=O) groups excluding carboxylic acids is 1. The van der Waals surface area contributed by atoms with Gasteiger partial charge in [0.2, 0.25) is 0 Å². The summed E-state index contributed by atoms with van der Waals surface area (Å²) in [6, 6.07) is 41.8. The number of thioether (sulfide) groups is 1. The van der Waals surface area contributed by atoms with Crippen molar-refractivity contribution < 1.29 is 14.3 Å². The zero-order valence-electron chi connectivity index (χ0n) is 22.0. The second-order valence-corrected chi connectivity index (χ2v) is 12.2. The van der Waals surface area contributed by atoms with Crippen LogP contribution in [0, 0.1) is 11.3 Å². The number of hydrogen-bond donors (Lipinski definition) is 0. The van der Waals surface area contributed by atoms with Crippen molar-refractivity contribution in [2.45, 2.75) is 48.0 Å². The molecule has 1 aliphatic heterocycles. The van der Waals surface area contributed by atoms with Gasteiger partial charge in [0.05, 0.1) is 13.0 Å². The first-order valence-electron chi connectivity index (χ1n) is 13.8. The van der Waals surface area contributed by atoms with Crippen molar-refractivity contribution in [1.29, 1.82) is 0 Å². The fraction of sp³-hybridized carbons (Fsp3) is 0.286. The summed E-state index contributed by atoms with van der Waals surface area (Å²) in [5.41, 5.74) is 3.47. The third-order valence-electron chi connectivity index (χ3n) is 8.14. The van der Waals surface area contributed by atoms with Gasteiger partial charge in [-0.05, 0) is 48.1 Å². The van der Waals surface area contributed by atoms with Crippen molar-refractivity contribution in [3.8, 4) is 0 Å². The first-order chi connectivity index (χ1) is 19.2. The van der Waals surface area contributed by atoms with Crippen LogP contribution < -0.4 is 0 Å². The zero-order valence-corrected chi connectivity index (χ0v) is 22.8. The molecule has 0 radical (unpaired) electrons. The summed E-state index contributed by atoms with van der Waals surface area (Å²) >= 11 is 1.72. The minimum atomic E-state index is -0.276. The molecule has 1 aliphatic carbocycles. The van der Waals surface area contributed by atoms with Crippen molar-refractivity contribution in [3.05, 3.63) is 138 Å². The number of hydrogen-bond acceptors (Lipinski definition) is 4. The van der Waals surface area contributed by atoms with E-state index in [9.17, 15) is 4.79 Å². The smallest absolute Gasteiger partial charge is 0.307 e. The van der Waals surface area contributed by atoms with Crippen LogP contribution >= 0.6 is 11.8 Å². The molecule has 4 aromatic rings. The highest BCUT2D eigenvalue weighted by Gasteiger charge is 2.60. The van der Waals surface area contributed by atoms with Gasteiger partial charge in [0.1, 0.15) is 12.2 Å². The van der Waals surface area contributed by atoms with E-state index in [1.807, 2.05) is 36.4 Å². The van der Waals surface area contributed by atoms with E-state index >= 15 is 0 Å². The third kappa shape index (κ3) is 5.98. The van der Waals surface area contributed by atoms with Gasteiger partial charge in [-0.2, -0.15) is 0 Å². The van der Waals surface area contributed by atoms with Crippen LogP contribution in [0.5, 0.6) is 0 Å². The Kier molecular flexibility index (Phi) is 7.85. The minimum absolute atomic E-state index is 0.0293. The van der Waals surface area contributed by atoms with E-state index in [0.717, 1.165) is 36.3 Å². The van der Waals surface area contributed by atoms with Crippen molar-refractivity contribution in [2.24, 2.45) is 11.3 Å². The topological polar surface area (TPSA) is 35.5 Å². The largest absolute Gasteiger partial charge is 0.459 e. The lowest BCUT2D eigenvalue weighted by molar-refractivity contribution is -0.181. The molecule has 6 rings (SSSR count). The Hall–Kier alpha value is -3.34. The molecule has 0 N–H and O–H groups in total. The Balaban J connectivity index is 1.27. The minimum Gasteiger partial charge on any atom is -0.459 e. The second-order valence-electron chi connectivity index (χ2n) is 10.9. The number of benzene rings is 4. The monoisotopic (exact) mass is 534 g/mol. The van der Waals surface area contributed by atoms with E-state index in [1.165, 1.54) is 11.1 Å². The molecule has 2 unspecified atom stereocenters. The number of rotatable bonds is 10. The van der Waals surface area contributed by atoms with E-state index in [-0.39, 0.29) is 28.8 Å². The van der Waals surface area contributed by atoms with Crippen molar-refractivity contribution >= 4 is 17.7 Å². The molecular weight excluding hydrogens is 500 g/mol. The van der Waals surface area contributed by atoms with Crippen LogP contribution in [0.3, 0.4) is 0 Å². The maximum atomic E-state index is 13.8. The lowest BCUT2D eigenvalue weighted by Crippen LogP contribution is -2.48. The van der Waals surface area contributed by atoms with Gasteiger partial charge in [0.15, 0.2) is 0 Å². The quantitative estimate of drug-likeness (QED) is 0.154. The Morgan fingerprint density at radius 1 is 0.795 bits per heavy atom. The molecule has 3 nitrogen and oxygen atoms in total. The highest BCUT2D eigenvalue weighted by molar-refractivity contribution is 7.99. The van der Waals surface area contributed by atoms with Gasteiger partial charge < -0.3 is 9.47 Å². The van der Waals surface area contributed by atoms with Gasteiger partial charge in [-0.25, -0.2) is 0 Å². The van der Waals surface area contributed by atoms with Crippen LogP contribution in [0.2, 0.25) is 0 Å². The van der Waals surface area contributed by atoms with Crippen LogP contribution in [-0.4, -0.2) is 24.8 Å². The summed E-state index contributed by atoms with van der Waals surface area (Å²) in [5, 5.41) is -0.0294. The molecule has 4 aromatic carbocycles. The summed E-state index contributed by atoms with van der Waals surface area (Å²) < 4.78 is 12.6. The summed E-state index contributed by atoms with van der Waals surface area (Å²) in [4.78, 5) is 14.9. The lowest BCUT2D eigenvalue weighted by atomic mass is 9.73. The van der Waals surface area contributed by atoms with E-state index in [0.29, 0.717) is 12.3 Å². The predicted octanol–water partition coefficient (Wildman–Crippen LogP) is 7.71. The molecule has 4 heteroatoms. The lowest BCUT2D eigenvalue weighted by Gasteiger charge is -2.38. The molecule has 0 spiro atoms. The van der Waals surface area contributed by atoms with E-state index in [4.69, 9.17) is 9.47 Å². The summed E-state index contributed by atoms with van der Waals surface area (Å²) in [6.07, 6.45) is 2.72. The van der Waals surface area contributed by atoms with Crippen molar-refractivity contribution in [3.63, 3.8) is 0 Å². The number of carbonyl (C=O) groups is 1. The van der Waals surface area contributed by atoms with E-state index in [1.54, 1.807) is 11.8 Å². The molecular formula is C35H34O3S. The molecule has 0 amide bonds. The molecule has 2 aliphatic rings. The number of fused-ring (bicyclic) bond motifs is 1. The zero-order chi connectivity index (χ0) is 26.5. The molecule has 39 heavy (non-hydrogen) atoms. The van der Waals surface area contributed by atoms with Crippen LogP contribution in [0.25, 0.3) is 0 Å². The SMILES string of the molecule is O=C(CC(Sc1ccccc1)c1ccccc1)O[C@@H]1[C@@H]2OCC2CC1(Cc1ccccc1)Cc1ccccc1. The summed E-state index contributed by atoms with van der Waals surface area (Å²) in [6.45, 7) is 0.751. The molecule has 1 saturated carbocycles. The van der Waals surface area contributed by atoms with Crippen LogP contribution in [-0.2, 0) is 27.1 Å². The first kappa shape index (κ1) is 25.9. The van der Waals surface area contributed by atoms with Gasteiger partial charge in [0, 0.05) is 21.5 Å². The van der Waals surface area contributed by atoms with Gasteiger partial charge in [-0.1, -0.05) is 109 Å². The van der Waals surface area contributed by atoms with Gasteiger partial charge in [0.25, 0.3) is 0 Å². The molecule has 2 fully saturated rings. The van der Waals surface area contributed by atoms with E-state index < -0.39 is 0 Å². The first-order valence-corrected chi connectivity index (χ1v) is 14.7. The summed E-state index contributed by atoms with van der Waals surface area (Å²) in [7, 11) is 0. The Labute approximate surface area is 235 Å². The van der Waals surface area contributed by atoms with Crippen LogP contribution in [0.4, 0.5) is 0 Å². The van der Waals surface area contributed by atoms with Gasteiger partial charge in [-0.15, -0.1) is 11.8 Å². The Morgan fingerprint density at radius 3 is 1.87 bits per heavy atom. The van der Waals surface area contributed by atoms with Crippen molar-refractivity contribution in [2.75, 3.05) is 6.61 Å². The van der Waals surface area contributed by atoms with Crippen molar-refractivity contribution in [1.82, 2.24) is 0 Å². The fourth-order valence-corrected chi connectivity index (χ4v) is 7.50. The normalized spacial score (nSPS) is 21.9. The van der Waals surface area contributed by atoms with Crippen LogP contribution in [0.1, 0.15) is 34.8 Å². The molecule has 0 aromatic heterocycles. The Morgan fingerprint density at radius 2 is 1.33 bits per heavy atom. The predicted molar refractivity (Wildman–Crippen MR) is 157 cm³/mol. The molecule has 198 valence electrons. The number of ether oxygens (including phenoxy) is 2. The standard InChI is InChI=1S/C35H34O3S/c36-32(21-31(28-17-9-3-10-18-28)39-30-19-11-4-12-20-30)38-34-33-29(25-37-33)24-35(34,22-26-13-5-1-6-14-26)23-27-15-7-2-8-16-27/h1-20,29,31,33-34H,21-25H2/t29?,31?,33-,34-/m1/s1. The highest BCUT2D eigenvalue weighted by atomic mass is 32.2. The average Bonchev–Trinajstić information content (AvgIpc) is 3.15. The molecule has 0 bridgehead atoms. The maximum absolute atomic E-state index is 13.8. The fourth-order valence-electron chi connectivity index (χ4n) is 6.34. The van der Waals surface area contributed by atoms with E-state index in [2.05, 4.69) is 84.9 Å². The van der Waals surface area contributed by atoms with Gasteiger partial charge >= 0.3 is 5.97 Å². The van der Waals surface area contributed by atoms with Gasteiger partial charge in [-0.3, -0.25) is 4.79 Å². The Bertz CT molecular complexity index is 1300. The highest BCUT2D eigenvalue weighted by Crippen LogP contribution is 2.53. The second kappa shape index (κ2) is 11.8. The molecule has 1 saturated heterocycles. The van der Waals surface area contributed by atoms with Crippen LogP contribution in [0.15, 0.2) is 126 Å². The molecule has 4 atom stereocenters.